The van der Waals surface area contributed by atoms with Crippen LogP contribution in [-0.4, -0.2) is 16.7 Å². The highest BCUT2D eigenvalue weighted by atomic mass is 35.5. The summed E-state index contributed by atoms with van der Waals surface area (Å²) in [5.74, 6) is 0.807. The molecule has 3 rings (SSSR count). The summed E-state index contributed by atoms with van der Waals surface area (Å²) in [5, 5.41) is 0.639. The first-order chi connectivity index (χ1) is 11.6. The number of benzene rings is 2. The summed E-state index contributed by atoms with van der Waals surface area (Å²) < 4.78 is 7.07. The standard InChI is InChI=1S/C19H17ClN2O2/c1-13-5-3-4-6-15(13)11-22-12-17(24-2)19(23)21-18(22)14-7-9-16(20)10-8-14/h3-10,12H,11H2,1-2H3. The van der Waals surface area contributed by atoms with Gasteiger partial charge >= 0.3 is 5.56 Å². The van der Waals surface area contributed by atoms with Gasteiger partial charge in [-0.2, -0.15) is 4.98 Å². The number of hydrogen-bond acceptors (Lipinski definition) is 3. The highest BCUT2D eigenvalue weighted by Gasteiger charge is 2.12. The largest absolute Gasteiger partial charge is 0.490 e. The molecule has 3 aromatic rings. The summed E-state index contributed by atoms with van der Waals surface area (Å²) in [6.45, 7) is 2.65. The Morgan fingerprint density at radius 3 is 2.50 bits per heavy atom. The molecule has 24 heavy (non-hydrogen) atoms. The molecule has 0 radical (unpaired) electrons. The summed E-state index contributed by atoms with van der Waals surface area (Å²) in [6, 6.07) is 15.4. The molecule has 2 aromatic carbocycles. The van der Waals surface area contributed by atoms with E-state index >= 15 is 0 Å². The first-order valence-electron chi connectivity index (χ1n) is 7.54. The second kappa shape index (κ2) is 6.89. The SMILES string of the molecule is COc1cn(Cc2ccccc2C)c(-c2ccc(Cl)cc2)nc1=O. The molecule has 0 aliphatic heterocycles. The maximum atomic E-state index is 12.1. The van der Waals surface area contributed by atoms with Crippen molar-refractivity contribution >= 4 is 11.6 Å². The summed E-state index contributed by atoms with van der Waals surface area (Å²) in [5.41, 5.74) is 2.77. The number of nitrogens with zero attached hydrogens (tertiary/aromatic N) is 2. The average molecular weight is 341 g/mol. The van der Waals surface area contributed by atoms with Crippen LogP contribution in [0.25, 0.3) is 11.4 Å². The van der Waals surface area contributed by atoms with Crippen molar-refractivity contribution in [1.82, 2.24) is 9.55 Å². The van der Waals surface area contributed by atoms with E-state index in [1.165, 1.54) is 12.7 Å². The molecular weight excluding hydrogens is 324 g/mol. The lowest BCUT2D eigenvalue weighted by atomic mass is 10.1. The van der Waals surface area contributed by atoms with Gasteiger partial charge in [0, 0.05) is 17.1 Å². The van der Waals surface area contributed by atoms with Gasteiger partial charge in [0.15, 0.2) is 0 Å². The maximum absolute atomic E-state index is 12.1. The number of methoxy groups -OCH3 is 1. The molecule has 0 unspecified atom stereocenters. The zero-order chi connectivity index (χ0) is 17.1. The van der Waals surface area contributed by atoms with Crippen LogP contribution in [0.2, 0.25) is 5.02 Å². The van der Waals surface area contributed by atoms with Gasteiger partial charge in [0.05, 0.1) is 13.3 Å². The summed E-state index contributed by atoms with van der Waals surface area (Å²) in [7, 11) is 1.47. The summed E-state index contributed by atoms with van der Waals surface area (Å²) in [6.07, 6.45) is 1.70. The second-order valence-electron chi connectivity index (χ2n) is 5.50. The van der Waals surface area contributed by atoms with Gasteiger partial charge in [0.1, 0.15) is 5.82 Å². The number of hydrogen-bond donors (Lipinski definition) is 0. The lowest BCUT2D eigenvalue weighted by Gasteiger charge is -2.15. The van der Waals surface area contributed by atoms with Crippen LogP contribution in [0.4, 0.5) is 0 Å². The Balaban J connectivity index is 2.13. The Morgan fingerprint density at radius 1 is 1.12 bits per heavy atom. The normalized spacial score (nSPS) is 10.6. The van der Waals surface area contributed by atoms with E-state index in [1.807, 2.05) is 28.8 Å². The maximum Gasteiger partial charge on any atom is 0.315 e. The molecule has 0 fully saturated rings. The lowest BCUT2D eigenvalue weighted by molar-refractivity contribution is 0.402. The smallest absolute Gasteiger partial charge is 0.315 e. The highest BCUT2D eigenvalue weighted by molar-refractivity contribution is 6.30. The van der Waals surface area contributed by atoms with Gasteiger partial charge in [-0.05, 0) is 42.3 Å². The summed E-state index contributed by atoms with van der Waals surface area (Å²) >= 11 is 5.96. The van der Waals surface area contributed by atoms with Crippen LogP contribution in [0.3, 0.4) is 0 Å². The van der Waals surface area contributed by atoms with Crippen molar-refractivity contribution in [1.29, 1.82) is 0 Å². The van der Waals surface area contributed by atoms with Crippen molar-refractivity contribution in [3.63, 3.8) is 0 Å². The van der Waals surface area contributed by atoms with Gasteiger partial charge in [-0.1, -0.05) is 35.9 Å². The molecular formula is C19H17ClN2O2. The molecule has 0 N–H and O–H groups in total. The minimum atomic E-state index is -0.386. The van der Waals surface area contributed by atoms with Crippen LogP contribution in [-0.2, 0) is 6.54 Å². The van der Waals surface area contributed by atoms with Crippen LogP contribution in [0.1, 0.15) is 11.1 Å². The van der Waals surface area contributed by atoms with Crippen molar-refractivity contribution in [2.24, 2.45) is 0 Å². The molecule has 5 heteroatoms. The van der Waals surface area contributed by atoms with Gasteiger partial charge in [0.2, 0.25) is 5.75 Å². The molecule has 0 saturated carbocycles. The lowest BCUT2D eigenvalue weighted by Crippen LogP contribution is -2.17. The zero-order valence-electron chi connectivity index (χ0n) is 13.5. The Labute approximate surface area is 145 Å². The molecule has 0 aliphatic carbocycles. The Hall–Kier alpha value is -2.59. The van der Waals surface area contributed by atoms with E-state index in [4.69, 9.17) is 16.3 Å². The third-order valence-corrected chi connectivity index (χ3v) is 4.14. The predicted molar refractivity (Wildman–Crippen MR) is 95.8 cm³/mol. The number of rotatable bonds is 4. The Kier molecular flexibility index (Phi) is 4.67. The molecule has 122 valence electrons. The fraction of sp³-hybridized carbons (Fsp3) is 0.158. The van der Waals surface area contributed by atoms with E-state index in [9.17, 15) is 4.79 Å². The second-order valence-corrected chi connectivity index (χ2v) is 5.94. The number of halogens is 1. The van der Waals surface area contributed by atoms with Crippen molar-refractivity contribution in [2.45, 2.75) is 13.5 Å². The van der Waals surface area contributed by atoms with Gasteiger partial charge < -0.3 is 9.30 Å². The molecule has 1 heterocycles. The van der Waals surface area contributed by atoms with Gasteiger partial charge in [-0.15, -0.1) is 0 Å². The summed E-state index contributed by atoms with van der Waals surface area (Å²) in [4.78, 5) is 16.3. The van der Waals surface area contributed by atoms with E-state index < -0.39 is 0 Å². The Bertz CT molecular complexity index is 917. The fourth-order valence-corrected chi connectivity index (χ4v) is 2.66. The number of aromatic nitrogens is 2. The fourth-order valence-electron chi connectivity index (χ4n) is 2.53. The van der Waals surface area contributed by atoms with Gasteiger partial charge in [-0.25, -0.2) is 0 Å². The molecule has 0 amide bonds. The topological polar surface area (TPSA) is 44.1 Å². The van der Waals surface area contributed by atoms with Crippen molar-refractivity contribution < 1.29 is 4.74 Å². The monoisotopic (exact) mass is 340 g/mol. The van der Waals surface area contributed by atoms with Crippen molar-refractivity contribution in [3.05, 3.63) is 81.2 Å². The Morgan fingerprint density at radius 2 is 1.83 bits per heavy atom. The first kappa shape index (κ1) is 16.3. The van der Waals surface area contributed by atoms with Crippen LogP contribution < -0.4 is 10.3 Å². The minimum Gasteiger partial charge on any atom is -0.490 e. The van der Waals surface area contributed by atoms with E-state index in [1.54, 1.807) is 18.3 Å². The number of aryl methyl sites for hydroxylation is 1. The van der Waals surface area contributed by atoms with Crippen LogP contribution in [0.5, 0.6) is 5.75 Å². The van der Waals surface area contributed by atoms with Gasteiger partial charge in [0.25, 0.3) is 0 Å². The molecule has 0 aliphatic rings. The molecule has 0 bridgehead atoms. The van der Waals surface area contributed by atoms with E-state index in [2.05, 4.69) is 24.0 Å². The van der Waals surface area contributed by atoms with Crippen molar-refractivity contribution in [2.75, 3.05) is 7.11 Å². The molecule has 1 aromatic heterocycles. The highest BCUT2D eigenvalue weighted by Crippen LogP contribution is 2.22. The third kappa shape index (κ3) is 3.34. The van der Waals surface area contributed by atoms with Crippen LogP contribution in [0.15, 0.2) is 59.5 Å². The van der Waals surface area contributed by atoms with E-state index in [0.717, 1.165) is 11.1 Å². The molecule has 0 spiro atoms. The van der Waals surface area contributed by atoms with Gasteiger partial charge in [-0.3, -0.25) is 4.79 Å². The first-order valence-corrected chi connectivity index (χ1v) is 7.92. The van der Waals surface area contributed by atoms with Crippen LogP contribution in [0, 0.1) is 6.92 Å². The molecule has 0 atom stereocenters. The predicted octanol–water partition coefficient (Wildman–Crippen LogP) is 3.93. The third-order valence-electron chi connectivity index (χ3n) is 3.89. The average Bonchev–Trinajstić information content (AvgIpc) is 2.59. The molecule has 0 saturated heterocycles. The molecule has 4 nitrogen and oxygen atoms in total. The zero-order valence-corrected chi connectivity index (χ0v) is 14.2. The number of ether oxygens (including phenoxy) is 1. The van der Waals surface area contributed by atoms with Crippen LogP contribution >= 0.6 is 11.6 Å². The van der Waals surface area contributed by atoms with Crippen molar-refractivity contribution in [3.8, 4) is 17.1 Å². The quantitative estimate of drug-likeness (QED) is 0.722. The van der Waals surface area contributed by atoms with E-state index in [0.29, 0.717) is 17.4 Å². The van der Waals surface area contributed by atoms with E-state index in [-0.39, 0.29) is 11.3 Å². The minimum absolute atomic E-state index is 0.223.